The maximum Gasteiger partial charge on any atom is 0.326 e. The monoisotopic (exact) mass is 560 g/mol. The standard InChI is InChI=1S/C27H40N6O7/c1-15(2)23(26(38)32-21(27(39)40)10-11-22(34)35)33-25(37)20(9-5-6-12-28)31-24(36)18(29)13-16-14-30-19-8-4-3-7-17(16)19/h3-4,7-8,14-15,18,20-21,23,30H,5-6,9-13,28-29H2,1-2H3,(H,31,36)(H,32,38)(H,33,37)(H,34,35)(H,39,40). The number of para-hydroxylation sites is 1. The number of rotatable bonds is 17. The van der Waals surface area contributed by atoms with Gasteiger partial charge in [-0.15, -0.1) is 0 Å². The van der Waals surface area contributed by atoms with E-state index in [-0.39, 0.29) is 19.3 Å². The molecule has 2 aromatic rings. The van der Waals surface area contributed by atoms with Crippen molar-refractivity contribution < 1.29 is 34.2 Å². The van der Waals surface area contributed by atoms with Crippen LogP contribution in [-0.4, -0.2) is 75.6 Å². The Bertz CT molecular complexity index is 1180. The molecule has 10 N–H and O–H groups in total. The Balaban J connectivity index is 2.11. The molecule has 13 nitrogen and oxygen atoms in total. The second kappa shape index (κ2) is 15.6. The number of hydrogen-bond acceptors (Lipinski definition) is 7. The Labute approximate surface area is 232 Å². The lowest BCUT2D eigenvalue weighted by Crippen LogP contribution is -2.58. The fourth-order valence-electron chi connectivity index (χ4n) is 4.25. The van der Waals surface area contributed by atoms with Gasteiger partial charge in [0.05, 0.1) is 6.04 Å². The maximum atomic E-state index is 13.3. The molecule has 0 spiro atoms. The first kappa shape index (κ1) is 32.2. The Morgan fingerprint density at radius 3 is 2.20 bits per heavy atom. The molecule has 1 aromatic carbocycles. The van der Waals surface area contributed by atoms with Crippen LogP contribution in [0.25, 0.3) is 10.9 Å². The number of fused-ring (bicyclic) bond motifs is 1. The lowest BCUT2D eigenvalue weighted by Gasteiger charge is -2.27. The van der Waals surface area contributed by atoms with Gasteiger partial charge < -0.3 is 42.6 Å². The van der Waals surface area contributed by atoms with Gasteiger partial charge in [0.1, 0.15) is 18.1 Å². The smallest absolute Gasteiger partial charge is 0.326 e. The van der Waals surface area contributed by atoms with E-state index in [1.54, 1.807) is 20.0 Å². The zero-order chi connectivity index (χ0) is 29.8. The summed E-state index contributed by atoms with van der Waals surface area (Å²) in [6, 6.07) is 3.08. The number of amides is 3. The van der Waals surface area contributed by atoms with Crippen LogP contribution in [0.15, 0.2) is 30.5 Å². The van der Waals surface area contributed by atoms with Gasteiger partial charge in [0.15, 0.2) is 0 Å². The number of carboxylic acid groups (broad SMARTS) is 2. The van der Waals surface area contributed by atoms with Crippen molar-refractivity contribution in [2.24, 2.45) is 17.4 Å². The van der Waals surface area contributed by atoms with Crippen molar-refractivity contribution >= 4 is 40.6 Å². The summed E-state index contributed by atoms with van der Waals surface area (Å²) in [7, 11) is 0. The average molecular weight is 561 g/mol. The Hall–Kier alpha value is -3.97. The minimum atomic E-state index is -1.44. The van der Waals surface area contributed by atoms with Gasteiger partial charge in [-0.2, -0.15) is 0 Å². The summed E-state index contributed by atoms with van der Waals surface area (Å²) in [5.74, 6) is -4.97. The summed E-state index contributed by atoms with van der Waals surface area (Å²) in [5, 5.41) is 26.8. The van der Waals surface area contributed by atoms with Crippen LogP contribution >= 0.6 is 0 Å². The number of nitrogens with one attached hydrogen (secondary N) is 4. The van der Waals surface area contributed by atoms with E-state index < -0.39 is 66.2 Å². The van der Waals surface area contributed by atoms with E-state index in [9.17, 15) is 29.1 Å². The third-order valence-electron chi connectivity index (χ3n) is 6.54. The highest BCUT2D eigenvalue weighted by Crippen LogP contribution is 2.19. The van der Waals surface area contributed by atoms with Crippen molar-refractivity contribution in [2.45, 2.75) is 76.5 Å². The van der Waals surface area contributed by atoms with Gasteiger partial charge in [0, 0.05) is 23.5 Å². The van der Waals surface area contributed by atoms with E-state index in [1.807, 2.05) is 24.3 Å². The van der Waals surface area contributed by atoms with E-state index in [1.165, 1.54) is 0 Å². The maximum absolute atomic E-state index is 13.3. The second-order valence-electron chi connectivity index (χ2n) is 10.1. The summed E-state index contributed by atoms with van der Waals surface area (Å²) in [6.07, 6.45) is 2.63. The SMILES string of the molecule is CC(C)C(NC(=O)C(CCCCN)NC(=O)C(N)Cc1c[nH]c2ccccc12)C(=O)NC(CCC(=O)O)C(=O)O. The molecule has 0 radical (unpaired) electrons. The highest BCUT2D eigenvalue weighted by Gasteiger charge is 2.32. The van der Waals surface area contributed by atoms with Gasteiger partial charge >= 0.3 is 11.9 Å². The summed E-state index contributed by atoms with van der Waals surface area (Å²) in [6.45, 7) is 3.72. The molecule has 4 unspecified atom stereocenters. The molecule has 1 aromatic heterocycles. The summed E-state index contributed by atoms with van der Waals surface area (Å²) in [5.41, 5.74) is 13.5. The molecule has 0 aliphatic rings. The molecule has 0 fully saturated rings. The molecule has 0 aliphatic carbocycles. The molecular formula is C27H40N6O7. The number of unbranched alkanes of at least 4 members (excludes halogenated alkanes) is 1. The average Bonchev–Trinajstić information content (AvgIpc) is 3.30. The number of carbonyl (C=O) groups is 5. The van der Waals surface area contributed by atoms with Crippen molar-refractivity contribution in [2.75, 3.05) is 6.54 Å². The fourth-order valence-corrected chi connectivity index (χ4v) is 4.25. The molecule has 13 heteroatoms. The number of H-pyrrole nitrogens is 1. The van der Waals surface area contributed by atoms with E-state index in [0.29, 0.717) is 19.4 Å². The summed E-state index contributed by atoms with van der Waals surface area (Å²) in [4.78, 5) is 64.7. The Morgan fingerprint density at radius 1 is 0.900 bits per heavy atom. The molecule has 0 saturated carbocycles. The summed E-state index contributed by atoms with van der Waals surface area (Å²) < 4.78 is 0. The van der Waals surface area contributed by atoms with Crippen LogP contribution in [0, 0.1) is 5.92 Å². The molecule has 2 rings (SSSR count). The first-order valence-electron chi connectivity index (χ1n) is 13.3. The van der Waals surface area contributed by atoms with Gasteiger partial charge in [-0.25, -0.2) is 4.79 Å². The number of aromatic amines is 1. The Kier molecular flexibility index (Phi) is 12.6. The van der Waals surface area contributed by atoms with Crippen molar-refractivity contribution in [3.63, 3.8) is 0 Å². The number of carbonyl (C=O) groups excluding carboxylic acids is 3. The third kappa shape index (κ3) is 9.65. The molecule has 1 heterocycles. The lowest BCUT2D eigenvalue weighted by molar-refractivity contribution is -0.143. The van der Waals surface area contributed by atoms with Crippen LogP contribution in [0.5, 0.6) is 0 Å². The van der Waals surface area contributed by atoms with Gasteiger partial charge in [-0.1, -0.05) is 32.0 Å². The molecule has 0 bridgehead atoms. The zero-order valence-corrected chi connectivity index (χ0v) is 22.8. The van der Waals surface area contributed by atoms with Crippen LogP contribution in [0.2, 0.25) is 0 Å². The number of nitrogens with two attached hydrogens (primary N) is 2. The lowest BCUT2D eigenvalue weighted by atomic mass is 10.0. The van der Waals surface area contributed by atoms with Crippen molar-refractivity contribution in [3.8, 4) is 0 Å². The van der Waals surface area contributed by atoms with Crippen molar-refractivity contribution in [1.29, 1.82) is 0 Å². The van der Waals surface area contributed by atoms with Gasteiger partial charge in [-0.3, -0.25) is 19.2 Å². The topological polar surface area (TPSA) is 230 Å². The van der Waals surface area contributed by atoms with Crippen LogP contribution < -0.4 is 27.4 Å². The minimum Gasteiger partial charge on any atom is -0.481 e. The molecule has 220 valence electrons. The normalized spacial score (nSPS) is 14.2. The van der Waals surface area contributed by atoms with Crippen LogP contribution in [-0.2, 0) is 30.4 Å². The summed E-state index contributed by atoms with van der Waals surface area (Å²) >= 11 is 0. The zero-order valence-electron chi connectivity index (χ0n) is 22.8. The third-order valence-corrected chi connectivity index (χ3v) is 6.54. The molecule has 0 saturated heterocycles. The van der Waals surface area contributed by atoms with E-state index in [4.69, 9.17) is 16.6 Å². The quantitative estimate of drug-likeness (QED) is 0.124. The number of aliphatic carboxylic acids is 2. The number of benzene rings is 1. The predicted molar refractivity (Wildman–Crippen MR) is 148 cm³/mol. The highest BCUT2D eigenvalue weighted by molar-refractivity contribution is 5.94. The molecule has 3 amide bonds. The number of hydrogen-bond donors (Lipinski definition) is 8. The number of aromatic nitrogens is 1. The van der Waals surface area contributed by atoms with E-state index in [0.717, 1.165) is 16.5 Å². The first-order chi connectivity index (χ1) is 18.9. The molecular weight excluding hydrogens is 520 g/mol. The largest absolute Gasteiger partial charge is 0.481 e. The minimum absolute atomic E-state index is 0.233. The second-order valence-corrected chi connectivity index (χ2v) is 10.1. The van der Waals surface area contributed by atoms with Crippen molar-refractivity contribution in [1.82, 2.24) is 20.9 Å². The first-order valence-corrected chi connectivity index (χ1v) is 13.3. The fraction of sp³-hybridized carbons (Fsp3) is 0.519. The van der Waals surface area contributed by atoms with E-state index in [2.05, 4.69) is 20.9 Å². The Morgan fingerprint density at radius 2 is 1.57 bits per heavy atom. The number of carboxylic acids is 2. The molecule has 4 atom stereocenters. The van der Waals surface area contributed by atoms with Crippen LogP contribution in [0.3, 0.4) is 0 Å². The van der Waals surface area contributed by atoms with Crippen molar-refractivity contribution in [3.05, 3.63) is 36.0 Å². The van der Waals surface area contributed by atoms with Crippen LogP contribution in [0.4, 0.5) is 0 Å². The van der Waals surface area contributed by atoms with Gasteiger partial charge in [0.2, 0.25) is 17.7 Å². The van der Waals surface area contributed by atoms with Crippen LogP contribution in [0.1, 0.15) is 51.5 Å². The van der Waals surface area contributed by atoms with Gasteiger partial charge in [-0.05, 0) is 56.2 Å². The van der Waals surface area contributed by atoms with Gasteiger partial charge in [0.25, 0.3) is 0 Å². The molecule has 40 heavy (non-hydrogen) atoms. The van der Waals surface area contributed by atoms with E-state index >= 15 is 0 Å². The molecule has 0 aliphatic heterocycles. The predicted octanol–water partition coefficient (Wildman–Crippen LogP) is 0.227. The highest BCUT2D eigenvalue weighted by atomic mass is 16.4.